The lowest BCUT2D eigenvalue weighted by atomic mass is 10.0. The summed E-state index contributed by atoms with van der Waals surface area (Å²) in [4.78, 5) is 14.5. The van der Waals surface area contributed by atoms with Gasteiger partial charge in [0.05, 0.1) is 25.8 Å². The number of hydrogen-bond donors (Lipinski definition) is 0. The van der Waals surface area contributed by atoms with E-state index in [1.165, 1.54) is 5.56 Å². The van der Waals surface area contributed by atoms with E-state index in [0.29, 0.717) is 17.1 Å². The summed E-state index contributed by atoms with van der Waals surface area (Å²) in [6.45, 7) is 4.06. The molecule has 0 unspecified atom stereocenters. The maximum atomic E-state index is 12.8. The van der Waals surface area contributed by atoms with Crippen molar-refractivity contribution in [2.75, 3.05) is 21.3 Å². The van der Waals surface area contributed by atoms with E-state index in [1.54, 1.807) is 44.4 Å². The highest BCUT2D eigenvalue weighted by Crippen LogP contribution is 2.28. The molecule has 4 nitrogen and oxygen atoms in total. The van der Waals surface area contributed by atoms with Gasteiger partial charge in [0.1, 0.15) is 11.5 Å². The smallest absolute Gasteiger partial charge is 0.257 e. The Hall–Kier alpha value is -2.49. The van der Waals surface area contributed by atoms with Crippen molar-refractivity contribution in [3.8, 4) is 11.5 Å². The summed E-state index contributed by atoms with van der Waals surface area (Å²) in [5.74, 6) is 1.09. The predicted molar refractivity (Wildman–Crippen MR) is 91.2 cm³/mol. The molecule has 122 valence electrons. The molecule has 0 N–H and O–H groups in total. The van der Waals surface area contributed by atoms with Crippen LogP contribution in [0.15, 0.2) is 42.5 Å². The normalized spacial score (nSPS) is 11.7. The van der Waals surface area contributed by atoms with Gasteiger partial charge in [0.25, 0.3) is 5.91 Å². The van der Waals surface area contributed by atoms with E-state index in [2.05, 4.69) is 24.3 Å². The van der Waals surface area contributed by atoms with Gasteiger partial charge in [0, 0.05) is 13.1 Å². The quantitative estimate of drug-likeness (QED) is 0.841. The summed E-state index contributed by atoms with van der Waals surface area (Å²) in [5.41, 5.74) is 2.82. The topological polar surface area (TPSA) is 38.8 Å². The Bertz CT molecular complexity index is 680. The van der Waals surface area contributed by atoms with E-state index in [9.17, 15) is 4.79 Å². The second-order valence-electron chi connectivity index (χ2n) is 5.57. The minimum absolute atomic E-state index is 0.0325. The number of methoxy groups -OCH3 is 2. The zero-order valence-corrected chi connectivity index (χ0v) is 14.3. The van der Waals surface area contributed by atoms with Crippen LogP contribution in [-0.2, 0) is 0 Å². The van der Waals surface area contributed by atoms with Gasteiger partial charge in [-0.1, -0.05) is 29.8 Å². The van der Waals surface area contributed by atoms with Crippen molar-refractivity contribution < 1.29 is 14.3 Å². The molecule has 0 aliphatic rings. The van der Waals surface area contributed by atoms with Crippen LogP contribution in [0.5, 0.6) is 11.5 Å². The van der Waals surface area contributed by atoms with Gasteiger partial charge in [-0.15, -0.1) is 0 Å². The molecule has 4 heteroatoms. The molecule has 0 bridgehead atoms. The molecule has 0 aromatic heterocycles. The SMILES string of the molecule is COc1ccc(C(=O)N(C)[C@H](C)c2ccc(C)cc2)c(OC)c1. The van der Waals surface area contributed by atoms with Crippen molar-refractivity contribution in [3.63, 3.8) is 0 Å². The first-order valence-electron chi connectivity index (χ1n) is 7.53. The van der Waals surface area contributed by atoms with E-state index >= 15 is 0 Å². The van der Waals surface area contributed by atoms with Gasteiger partial charge in [-0.05, 0) is 31.5 Å². The van der Waals surface area contributed by atoms with E-state index in [1.807, 2.05) is 13.8 Å². The Morgan fingerprint density at radius 1 is 1.04 bits per heavy atom. The number of nitrogens with zero attached hydrogens (tertiary/aromatic N) is 1. The lowest BCUT2D eigenvalue weighted by Crippen LogP contribution is -2.30. The minimum Gasteiger partial charge on any atom is -0.497 e. The summed E-state index contributed by atoms with van der Waals surface area (Å²) >= 11 is 0. The number of benzene rings is 2. The van der Waals surface area contributed by atoms with Crippen LogP contribution in [0.25, 0.3) is 0 Å². The lowest BCUT2D eigenvalue weighted by Gasteiger charge is -2.26. The molecule has 0 saturated heterocycles. The van der Waals surface area contributed by atoms with Crippen molar-refractivity contribution in [2.24, 2.45) is 0 Å². The molecule has 0 saturated carbocycles. The summed E-state index contributed by atoms with van der Waals surface area (Å²) in [6, 6.07) is 13.4. The maximum absolute atomic E-state index is 12.8. The Labute approximate surface area is 137 Å². The van der Waals surface area contributed by atoms with Crippen LogP contribution in [0, 0.1) is 6.92 Å². The van der Waals surface area contributed by atoms with Crippen molar-refractivity contribution in [1.29, 1.82) is 0 Å². The Balaban J connectivity index is 2.27. The Kier molecular flexibility index (Phi) is 5.27. The summed E-state index contributed by atoms with van der Waals surface area (Å²) in [6.07, 6.45) is 0. The second-order valence-corrected chi connectivity index (χ2v) is 5.57. The van der Waals surface area contributed by atoms with Gasteiger partial charge >= 0.3 is 0 Å². The Morgan fingerprint density at radius 3 is 2.26 bits per heavy atom. The number of carbonyl (C=O) groups is 1. The van der Waals surface area contributed by atoms with Crippen LogP contribution in [0.4, 0.5) is 0 Å². The second kappa shape index (κ2) is 7.18. The van der Waals surface area contributed by atoms with E-state index in [-0.39, 0.29) is 11.9 Å². The van der Waals surface area contributed by atoms with Gasteiger partial charge in [0.2, 0.25) is 0 Å². The molecule has 2 aromatic rings. The number of aryl methyl sites for hydroxylation is 1. The third-order valence-electron chi connectivity index (χ3n) is 4.10. The van der Waals surface area contributed by atoms with Crippen LogP contribution in [0.3, 0.4) is 0 Å². The maximum Gasteiger partial charge on any atom is 0.257 e. The number of rotatable bonds is 5. The van der Waals surface area contributed by atoms with Gasteiger partial charge in [-0.2, -0.15) is 0 Å². The van der Waals surface area contributed by atoms with Crippen molar-refractivity contribution in [1.82, 2.24) is 4.90 Å². The largest absolute Gasteiger partial charge is 0.497 e. The molecule has 2 aromatic carbocycles. The van der Waals surface area contributed by atoms with Crippen molar-refractivity contribution in [3.05, 3.63) is 59.2 Å². The molecule has 1 atom stereocenters. The highest BCUT2D eigenvalue weighted by atomic mass is 16.5. The molecule has 0 spiro atoms. The Morgan fingerprint density at radius 2 is 1.70 bits per heavy atom. The first kappa shape index (κ1) is 16.9. The summed E-state index contributed by atoms with van der Waals surface area (Å²) in [5, 5.41) is 0. The van der Waals surface area contributed by atoms with Crippen molar-refractivity contribution in [2.45, 2.75) is 19.9 Å². The third-order valence-corrected chi connectivity index (χ3v) is 4.10. The molecular weight excluding hydrogens is 290 g/mol. The first-order valence-corrected chi connectivity index (χ1v) is 7.53. The number of hydrogen-bond acceptors (Lipinski definition) is 3. The molecule has 0 aliphatic heterocycles. The van der Waals surface area contributed by atoms with Crippen LogP contribution < -0.4 is 9.47 Å². The third kappa shape index (κ3) is 3.65. The molecular formula is C19H23NO3. The van der Waals surface area contributed by atoms with Crippen LogP contribution >= 0.6 is 0 Å². The number of amides is 1. The minimum atomic E-state index is -0.0856. The zero-order valence-electron chi connectivity index (χ0n) is 14.3. The van der Waals surface area contributed by atoms with Gasteiger partial charge < -0.3 is 14.4 Å². The standard InChI is InChI=1S/C19H23NO3/c1-13-6-8-15(9-7-13)14(2)20(3)19(21)17-11-10-16(22-4)12-18(17)23-5/h6-12,14H,1-5H3/t14-/m1/s1. The fourth-order valence-electron chi connectivity index (χ4n) is 2.41. The molecule has 0 radical (unpaired) electrons. The van der Waals surface area contributed by atoms with E-state index < -0.39 is 0 Å². The summed E-state index contributed by atoms with van der Waals surface area (Å²) in [7, 11) is 4.94. The monoisotopic (exact) mass is 313 g/mol. The molecule has 0 aliphatic carbocycles. The first-order chi connectivity index (χ1) is 11.0. The van der Waals surface area contributed by atoms with Crippen LogP contribution in [0.2, 0.25) is 0 Å². The van der Waals surface area contributed by atoms with Gasteiger partial charge in [-0.3, -0.25) is 4.79 Å². The average molecular weight is 313 g/mol. The molecule has 0 fully saturated rings. The highest BCUT2D eigenvalue weighted by Gasteiger charge is 2.22. The average Bonchev–Trinajstić information content (AvgIpc) is 2.59. The van der Waals surface area contributed by atoms with Crippen molar-refractivity contribution >= 4 is 5.91 Å². The fraction of sp³-hybridized carbons (Fsp3) is 0.316. The van der Waals surface area contributed by atoms with Gasteiger partial charge in [-0.25, -0.2) is 0 Å². The molecule has 23 heavy (non-hydrogen) atoms. The zero-order chi connectivity index (χ0) is 17.0. The van der Waals surface area contributed by atoms with Crippen LogP contribution in [0.1, 0.15) is 34.5 Å². The lowest BCUT2D eigenvalue weighted by molar-refractivity contribution is 0.0739. The van der Waals surface area contributed by atoms with Crippen LogP contribution in [-0.4, -0.2) is 32.1 Å². The summed E-state index contributed by atoms with van der Waals surface area (Å²) < 4.78 is 10.5. The highest BCUT2D eigenvalue weighted by molar-refractivity contribution is 5.97. The fourth-order valence-corrected chi connectivity index (χ4v) is 2.41. The molecule has 0 heterocycles. The van der Waals surface area contributed by atoms with Gasteiger partial charge in [0.15, 0.2) is 0 Å². The number of ether oxygens (including phenoxy) is 2. The molecule has 2 rings (SSSR count). The number of carbonyl (C=O) groups excluding carboxylic acids is 1. The van der Waals surface area contributed by atoms with E-state index in [4.69, 9.17) is 9.47 Å². The predicted octanol–water partition coefficient (Wildman–Crippen LogP) is 3.85. The molecule has 1 amide bonds. The van der Waals surface area contributed by atoms with E-state index in [0.717, 1.165) is 5.56 Å².